The van der Waals surface area contributed by atoms with Gasteiger partial charge in [-0.3, -0.25) is 9.59 Å². The molecular weight excluding hydrogens is 476 g/mol. The van der Waals surface area contributed by atoms with Gasteiger partial charge >= 0.3 is 0 Å². The number of carbonyl (C=O) groups excluding carboxylic acids is 2. The number of nitrogens with zero attached hydrogens (tertiary/aromatic N) is 4. The zero-order valence-corrected chi connectivity index (χ0v) is 22.0. The first-order valence-corrected chi connectivity index (χ1v) is 13.1. The van der Waals surface area contributed by atoms with E-state index in [9.17, 15) is 9.59 Å². The quantitative estimate of drug-likeness (QED) is 0.355. The van der Waals surface area contributed by atoms with Crippen LogP contribution in [0.1, 0.15) is 44.6 Å². The van der Waals surface area contributed by atoms with E-state index in [1.54, 1.807) is 6.92 Å². The minimum atomic E-state index is -0.212. The number of nitrogens with one attached hydrogen (secondary N) is 1. The van der Waals surface area contributed by atoms with Crippen molar-refractivity contribution in [3.05, 3.63) is 67.0 Å². The van der Waals surface area contributed by atoms with Crippen LogP contribution in [0.4, 0.5) is 11.5 Å². The van der Waals surface area contributed by atoms with Crippen molar-refractivity contribution >= 4 is 39.9 Å². The lowest BCUT2D eigenvalue weighted by Crippen LogP contribution is -2.39. The first-order valence-electron chi connectivity index (χ1n) is 13.1. The van der Waals surface area contributed by atoms with Crippen molar-refractivity contribution in [3.63, 3.8) is 0 Å². The number of hydrogen-bond acceptors (Lipinski definition) is 5. The zero-order valence-electron chi connectivity index (χ0n) is 22.0. The molecule has 3 aromatic rings. The Bertz CT molecular complexity index is 1470. The van der Waals surface area contributed by atoms with Crippen molar-refractivity contribution < 1.29 is 9.59 Å². The predicted octanol–water partition coefficient (Wildman–Crippen LogP) is 5.09. The summed E-state index contributed by atoms with van der Waals surface area (Å²) in [5, 5.41) is 3.68. The van der Waals surface area contributed by atoms with Gasteiger partial charge in [-0.25, -0.2) is 9.97 Å². The molecule has 0 unspecified atom stereocenters. The second kappa shape index (κ2) is 10.3. The first kappa shape index (κ1) is 25.4. The smallest absolute Gasteiger partial charge is 0.250 e. The lowest BCUT2D eigenvalue weighted by Gasteiger charge is -2.29. The SMILES string of the molecule is C=C[C@@H]1CCCN1C(=O)[C@@H]1CC=C(c2c(-c3ccc(NC(=O)C(=C)C)cc3)n(C)c3ncnc(N)c23)CC1. The van der Waals surface area contributed by atoms with Gasteiger partial charge in [0.25, 0.3) is 5.91 Å². The van der Waals surface area contributed by atoms with E-state index in [1.165, 1.54) is 6.33 Å². The van der Waals surface area contributed by atoms with Gasteiger partial charge in [-0.05, 0) is 62.3 Å². The lowest BCUT2D eigenvalue weighted by atomic mass is 9.84. The monoisotopic (exact) mass is 510 g/mol. The van der Waals surface area contributed by atoms with Gasteiger partial charge in [0, 0.05) is 42.4 Å². The summed E-state index contributed by atoms with van der Waals surface area (Å²) in [5.41, 5.74) is 12.4. The Balaban J connectivity index is 1.51. The van der Waals surface area contributed by atoms with Crippen LogP contribution < -0.4 is 11.1 Å². The molecule has 0 saturated carbocycles. The summed E-state index contributed by atoms with van der Waals surface area (Å²) < 4.78 is 2.04. The molecule has 2 amide bonds. The Morgan fingerprint density at radius 2 is 1.95 bits per heavy atom. The summed E-state index contributed by atoms with van der Waals surface area (Å²) in [7, 11) is 1.98. The Kier molecular flexibility index (Phi) is 6.89. The molecule has 0 spiro atoms. The normalized spacial score (nSPS) is 19.3. The number of allylic oxidation sites excluding steroid dienone is 2. The summed E-state index contributed by atoms with van der Waals surface area (Å²) >= 11 is 0. The highest BCUT2D eigenvalue weighted by molar-refractivity contribution is 6.05. The Labute approximate surface area is 222 Å². The molecule has 3 N–H and O–H groups in total. The molecule has 3 heterocycles. The van der Waals surface area contributed by atoms with E-state index in [2.05, 4.69) is 34.5 Å². The van der Waals surface area contributed by atoms with Crippen LogP contribution in [-0.2, 0) is 16.6 Å². The number of likely N-dealkylation sites (tertiary alicyclic amines) is 1. The molecule has 2 aromatic heterocycles. The molecule has 1 fully saturated rings. The zero-order chi connectivity index (χ0) is 27.0. The van der Waals surface area contributed by atoms with Crippen LogP contribution in [0.15, 0.2) is 61.5 Å². The number of rotatable bonds is 6. The number of hydrogen-bond donors (Lipinski definition) is 2. The molecule has 5 rings (SSSR count). The number of aryl methyl sites for hydroxylation is 1. The number of nitrogen functional groups attached to an aromatic ring is 1. The second-order valence-electron chi connectivity index (χ2n) is 10.2. The molecule has 0 radical (unpaired) electrons. The summed E-state index contributed by atoms with van der Waals surface area (Å²) in [6.07, 6.45) is 9.83. The molecule has 0 bridgehead atoms. The molecule has 2 aliphatic rings. The fraction of sp³-hybridized carbons (Fsp3) is 0.333. The van der Waals surface area contributed by atoms with Crippen LogP contribution >= 0.6 is 0 Å². The third kappa shape index (κ3) is 4.51. The number of fused-ring (bicyclic) bond motifs is 1. The van der Waals surface area contributed by atoms with Crippen LogP contribution in [0.2, 0.25) is 0 Å². The summed E-state index contributed by atoms with van der Waals surface area (Å²) in [6, 6.07) is 7.87. The van der Waals surface area contributed by atoms with Crippen molar-refractivity contribution in [2.75, 3.05) is 17.6 Å². The molecular formula is C30H34N6O2. The molecule has 8 nitrogen and oxygen atoms in total. The molecule has 2 atom stereocenters. The predicted molar refractivity (Wildman–Crippen MR) is 152 cm³/mol. The molecule has 1 saturated heterocycles. The van der Waals surface area contributed by atoms with Crippen LogP contribution in [0.5, 0.6) is 0 Å². The summed E-state index contributed by atoms with van der Waals surface area (Å²) in [6.45, 7) is 10.1. The third-order valence-corrected chi connectivity index (χ3v) is 7.74. The summed E-state index contributed by atoms with van der Waals surface area (Å²) in [4.78, 5) is 36.2. The fourth-order valence-electron chi connectivity index (χ4n) is 5.71. The van der Waals surface area contributed by atoms with Crippen molar-refractivity contribution in [1.29, 1.82) is 0 Å². The van der Waals surface area contributed by atoms with Crippen LogP contribution in [0.3, 0.4) is 0 Å². The van der Waals surface area contributed by atoms with E-state index in [0.29, 0.717) is 23.5 Å². The Morgan fingerprint density at radius 1 is 1.18 bits per heavy atom. The number of benzene rings is 1. The van der Waals surface area contributed by atoms with Gasteiger partial charge in [0.05, 0.1) is 11.1 Å². The highest BCUT2D eigenvalue weighted by Crippen LogP contribution is 2.43. The van der Waals surface area contributed by atoms with Crippen LogP contribution in [0.25, 0.3) is 27.9 Å². The van der Waals surface area contributed by atoms with E-state index in [0.717, 1.165) is 65.7 Å². The topological polar surface area (TPSA) is 106 Å². The van der Waals surface area contributed by atoms with E-state index >= 15 is 0 Å². The average Bonchev–Trinajstić information content (AvgIpc) is 3.52. The maximum absolute atomic E-state index is 13.3. The highest BCUT2D eigenvalue weighted by Gasteiger charge is 2.33. The maximum Gasteiger partial charge on any atom is 0.250 e. The second-order valence-corrected chi connectivity index (χ2v) is 10.2. The lowest BCUT2D eigenvalue weighted by molar-refractivity contribution is -0.135. The highest BCUT2D eigenvalue weighted by atomic mass is 16.2. The van der Waals surface area contributed by atoms with Gasteiger partial charge in [-0.2, -0.15) is 0 Å². The number of anilines is 2. The van der Waals surface area contributed by atoms with Gasteiger partial charge in [0.1, 0.15) is 17.8 Å². The number of nitrogens with two attached hydrogens (primary N) is 1. The fourth-order valence-corrected chi connectivity index (χ4v) is 5.71. The Morgan fingerprint density at radius 3 is 2.61 bits per heavy atom. The van der Waals surface area contributed by atoms with Gasteiger partial charge in [0.15, 0.2) is 0 Å². The molecule has 1 aliphatic carbocycles. The number of aromatic nitrogens is 3. The van der Waals surface area contributed by atoms with E-state index < -0.39 is 0 Å². The minimum Gasteiger partial charge on any atom is -0.383 e. The van der Waals surface area contributed by atoms with E-state index in [4.69, 9.17) is 5.73 Å². The number of amides is 2. The van der Waals surface area contributed by atoms with Crippen molar-refractivity contribution in [2.24, 2.45) is 13.0 Å². The van der Waals surface area contributed by atoms with Gasteiger partial charge in [-0.1, -0.05) is 30.9 Å². The van der Waals surface area contributed by atoms with E-state index in [1.807, 2.05) is 46.9 Å². The summed E-state index contributed by atoms with van der Waals surface area (Å²) in [5.74, 6) is 0.428. The molecule has 1 aromatic carbocycles. The number of carbonyl (C=O) groups is 2. The largest absolute Gasteiger partial charge is 0.383 e. The van der Waals surface area contributed by atoms with Gasteiger partial charge in [0.2, 0.25) is 5.91 Å². The standard InChI is InChI=1S/C30H34N6O2/c1-5-23-7-6-16-36(23)30(38)21-10-8-19(9-11-21)24-25-27(31)32-17-33-28(25)35(4)26(24)20-12-14-22(15-13-20)34-29(37)18(2)3/h5,8,12-15,17,21,23H,1-2,6-7,9-11,16H2,3-4H3,(H,34,37)(H2,31,32,33)/t21-,23-/m1/s1. The van der Waals surface area contributed by atoms with Gasteiger partial charge < -0.3 is 20.5 Å². The van der Waals surface area contributed by atoms with Crippen LogP contribution in [0, 0.1) is 5.92 Å². The maximum atomic E-state index is 13.3. The first-order chi connectivity index (χ1) is 18.3. The van der Waals surface area contributed by atoms with Crippen LogP contribution in [-0.4, -0.2) is 43.8 Å². The minimum absolute atomic E-state index is 0.0254. The van der Waals surface area contributed by atoms with Gasteiger partial charge in [-0.15, -0.1) is 6.58 Å². The Hall–Kier alpha value is -4.20. The molecule has 196 valence electrons. The van der Waals surface area contributed by atoms with E-state index in [-0.39, 0.29) is 23.8 Å². The molecule has 8 heteroatoms. The third-order valence-electron chi connectivity index (χ3n) is 7.74. The van der Waals surface area contributed by atoms with Crippen molar-refractivity contribution in [1.82, 2.24) is 19.4 Å². The van der Waals surface area contributed by atoms with Crippen molar-refractivity contribution in [3.8, 4) is 11.3 Å². The molecule has 38 heavy (non-hydrogen) atoms. The van der Waals surface area contributed by atoms with Crippen molar-refractivity contribution in [2.45, 2.75) is 45.1 Å². The molecule has 1 aliphatic heterocycles. The average molecular weight is 511 g/mol.